The van der Waals surface area contributed by atoms with E-state index >= 15 is 0 Å². The molecule has 0 saturated heterocycles. The van der Waals surface area contributed by atoms with Crippen molar-refractivity contribution in [1.82, 2.24) is 25.3 Å². The fraction of sp³-hybridized carbons (Fsp3) is 0.614. The van der Waals surface area contributed by atoms with Gasteiger partial charge in [-0.05, 0) is 180 Å². The molecule has 3 N–H and O–H groups in total. The standard InChI is InChI=1S/C70H95N5O4/c1-10-13-14-15-16-17-18-19-20-21-22-23-24-25-26-27-65(78)79-48-34-36-69(8)47(38-48)28-29-52-54-31-32-63(70(54,9)37-35-55(52)69)75-64(77)33-30-51-45(6)58-40-56-43(4)49(11-2)60(71-56)41-57-44(5)50(12-3)61(72-57)42-59-46(7)66-62(76)39-53(67(51)73-58)68(66)74-59/h11,19-20,28,40-42,45,48,51-52,54-55,63,71,74H,2,10,12-18,21-27,29-39H2,1,3-9H3,(H,75,77)/b20-19-,56-40?,57-41?,58-40?,59-42?,60-41?,61-42?,67-53?/t45-,48+,51+,52?,54?,55?,63?,69+,70+/m1/s1. The monoisotopic (exact) mass is 1070 g/mol. The molecule has 0 aromatic carbocycles. The van der Waals surface area contributed by atoms with Crippen molar-refractivity contribution in [1.29, 1.82) is 0 Å². The number of hydrogen-bond donors (Lipinski definition) is 3. The molecular weight excluding hydrogens is 975 g/mol. The lowest BCUT2D eigenvalue weighted by Crippen LogP contribution is -2.54. The summed E-state index contributed by atoms with van der Waals surface area (Å²) in [6.07, 6.45) is 36.8. The molecule has 3 aromatic rings. The van der Waals surface area contributed by atoms with Gasteiger partial charge in [0.25, 0.3) is 0 Å². The smallest absolute Gasteiger partial charge is 0.306 e. The summed E-state index contributed by atoms with van der Waals surface area (Å²) in [4.78, 5) is 59.6. The van der Waals surface area contributed by atoms with E-state index in [9.17, 15) is 14.4 Å². The molecule has 3 aromatic heterocycles. The van der Waals surface area contributed by atoms with Gasteiger partial charge in [-0.1, -0.05) is 122 Å². The third-order valence-electron chi connectivity index (χ3n) is 21.4. The second kappa shape index (κ2) is 24.4. The lowest BCUT2D eigenvalue weighted by Gasteiger charge is -2.58. The van der Waals surface area contributed by atoms with Crippen LogP contribution in [0, 0.1) is 42.4 Å². The minimum absolute atomic E-state index is 0.000621. The first-order valence-corrected chi connectivity index (χ1v) is 31.6. The second-order valence-corrected chi connectivity index (χ2v) is 26.0. The molecule has 0 radical (unpaired) electrons. The van der Waals surface area contributed by atoms with Crippen LogP contribution in [-0.4, -0.2) is 49.7 Å². The van der Waals surface area contributed by atoms with Crippen LogP contribution in [-0.2, 0) is 20.7 Å². The number of carbonyl (C=O) groups excluding carboxylic acids is 3. The lowest BCUT2D eigenvalue weighted by atomic mass is 9.48. The number of ketones is 1. The van der Waals surface area contributed by atoms with E-state index < -0.39 is 0 Å². The summed E-state index contributed by atoms with van der Waals surface area (Å²) in [5.74, 6) is 2.04. The van der Waals surface area contributed by atoms with Crippen LogP contribution in [0.3, 0.4) is 0 Å². The maximum Gasteiger partial charge on any atom is 0.306 e. The third kappa shape index (κ3) is 11.4. The van der Waals surface area contributed by atoms with Gasteiger partial charge >= 0.3 is 5.97 Å². The number of aryl methyl sites for hydroxylation is 2. The fourth-order valence-electron chi connectivity index (χ4n) is 16.5. The molecule has 7 aliphatic rings. The van der Waals surface area contributed by atoms with Crippen molar-refractivity contribution >= 4 is 56.9 Å². The van der Waals surface area contributed by atoms with E-state index in [1.54, 1.807) is 0 Å². The van der Waals surface area contributed by atoms with Crippen LogP contribution in [0.2, 0.25) is 0 Å². The quantitative estimate of drug-likeness (QED) is 0.0522. The molecule has 3 saturated carbocycles. The lowest BCUT2D eigenvalue weighted by molar-refractivity contribution is -0.151. The van der Waals surface area contributed by atoms with Gasteiger partial charge in [-0.2, -0.15) is 0 Å². The number of rotatable bonds is 22. The van der Waals surface area contributed by atoms with Crippen molar-refractivity contribution in [2.75, 3.05) is 0 Å². The summed E-state index contributed by atoms with van der Waals surface area (Å²) in [5, 5.41) is 3.66. The molecule has 424 valence electrons. The van der Waals surface area contributed by atoms with E-state index in [4.69, 9.17) is 14.7 Å². The van der Waals surface area contributed by atoms with Gasteiger partial charge in [-0.25, -0.2) is 4.98 Å². The van der Waals surface area contributed by atoms with Gasteiger partial charge < -0.3 is 20.0 Å². The molecule has 5 aliphatic carbocycles. The van der Waals surface area contributed by atoms with Gasteiger partial charge in [-0.3, -0.25) is 19.4 Å². The number of fused-ring (bicyclic) bond motifs is 13. The van der Waals surface area contributed by atoms with Crippen molar-refractivity contribution < 1.29 is 19.1 Å². The highest BCUT2D eigenvalue weighted by Gasteiger charge is 2.59. The fourth-order valence-corrected chi connectivity index (χ4v) is 16.5. The number of unbranched alkanes of at least 4 members (excludes halogenated alkanes) is 11. The molecule has 2 aliphatic heterocycles. The van der Waals surface area contributed by atoms with Gasteiger partial charge in [0.2, 0.25) is 5.91 Å². The summed E-state index contributed by atoms with van der Waals surface area (Å²) >= 11 is 0. The molecule has 1 amide bonds. The van der Waals surface area contributed by atoms with Crippen LogP contribution < -0.4 is 5.32 Å². The van der Waals surface area contributed by atoms with Crippen LogP contribution in [0.5, 0.6) is 0 Å². The molecule has 8 bridgehead atoms. The number of H-pyrrole nitrogens is 2. The zero-order valence-corrected chi connectivity index (χ0v) is 49.7. The Morgan fingerprint density at radius 2 is 1.53 bits per heavy atom. The predicted octanol–water partition coefficient (Wildman–Crippen LogP) is 17.7. The minimum Gasteiger partial charge on any atom is -0.462 e. The van der Waals surface area contributed by atoms with Crippen LogP contribution in [0.1, 0.15) is 269 Å². The Kier molecular flexibility index (Phi) is 17.6. The van der Waals surface area contributed by atoms with E-state index in [2.05, 4.69) is 107 Å². The van der Waals surface area contributed by atoms with E-state index in [0.717, 1.165) is 142 Å². The Labute approximate surface area is 473 Å². The number of Topliss-reactive ketones (excluding diaryl/α,β-unsaturated/α-hetero) is 1. The van der Waals surface area contributed by atoms with Crippen molar-refractivity contribution in [2.45, 2.75) is 246 Å². The highest BCUT2D eigenvalue weighted by atomic mass is 16.5. The number of esters is 1. The molecule has 9 heteroatoms. The van der Waals surface area contributed by atoms with Gasteiger partial charge in [0, 0.05) is 82.5 Å². The number of aromatic nitrogens is 4. The highest BCUT2D eigenvalue weighted by molar-refractivity contribution is 6.13. The van der Waals surface area contributed by atoms with E-state index in [-0.39, 0.29) is 52.5 Å². The van der Waals surface area contributed by atoms with Crippen LogP contribution >= 0.6 is 0 Å². The van der Waals surface area contributed by atoms with Gasteiger partial charge in [0.05, 0.1) is 22.6 Å². The number of nitrogens with one attached hydrogen (secondary N) is 3. The van der Waals surface area contributed by atoms with E-state index in [1.807, 2.05) is 13.0 Å². The van der Waals surface area contributed by atoms with Crippen molar-refractivity contribution in [3.8, 4) is 0 Å². The average Bonchev–Trinajstić information content (AvgIpc) is 4.09. The summed E-state index contributed by atoms with van der Waals surface area (Å²) in [7, 11) is 0. The first kappa shape index (κ1) is 56.9. The topological polar surface area (TPSA) is 130 Å². The Morgan fingerprint density at radius 1 is 0.810 bits per heavy atom. The Bertz CT molecular complexity index is 3070. The van der Waals surface area contributed by atoms with Crippen LogP contribution in [0.25, 0.3) is 39.3 Å². The normalized spacial score (nSPS) is 27.0. The molecule has 9 nitrogen and oxygen atoms in total. The summed E-state index contributed by atoms with van der Waals surface area (Å²) in [6, 6.07) is 6.60. The third-order valence-corrected chi connectivity index (χ3v) is 21.4. The van der Waals surface area contributed by atoms with Crippen molar-refractivity contribution in [3.05, 3.63) is 99.2 Å². The van der Waals surface area contributed by atoms with E-state index in [1.165, 1.54) is 88.2 Å². The summed E-state index contributed by atoms with van der Waals surface area (Å²) in [6.45, 7) is 22.2. The van der Waals surface area contributed by atoms with Gasteiger partial charge in [0.15, 0.2) is 5.78 Å². The minimum atomic E-state index is -0.0345. The SMILES string of the molecule is C=Cc1c(C)c2cc3nc(c4c5[nH]c(cc6nc(cc1[nH]2)C(C)=C6CC)c(C)c5C(=O)C4)[C@@H](CCC(=O)NC1CCC2C4CC=C5C[C@@H](OC(=O)CCCCCCC/C=C\CCCCCCCC)CC[C@]5(C)C4CC[C@]12C)[C@H]3C. The van der Waals surface area contributed by atoms with Gasteiger partial charge in [0.1, 0.15) is 6.10 Å². The number of ether oxygens (including phenoxy) is 1. The molecule has 3 fully saturated rings. The number of nitrogens with zero attached hydrogens (tertiary/aromatic N) is 2. The first-order valence-electron chi connectivity index (χ1n) is 31.6. The maximum absolute atomic E-state index is 14.4. The second-order valence-electron chi connectivity index (χ2n) is 26.0. The average molecular weight is 1070 g/mol. The predicted molar refractivity (Wildman–Crippen MR) is 325 cm³/mol. The first-order chi connectivity index (χ1) is 38.2. The Hall–Kier alpha value is -5.31. The molecule has 0 spiro atoms. The Morgan fingerprint density at radius 3 is 2.28 bits per heavy atom. The highest BCUT2D eigenvalue weighted by Crippen LogP contribution is 2.65. The summed E-state index contributed by atoms with van der Waals surface area (Å²) < 4.78 is 6.20. The molecule has 5 heterocycles. The van der Waals surface area contributed by atoms with E-state index in [0.29, 0.717) is 43.4 Å². The van der Waals surface area contributed by atoms with Crippen molar-refractivity contribution in [3.63, 3.8) is 0 Å². The molecule has 79 heavy (non-hydrogen) atoms. The molecule has 4 unspecified atom stereocenters. The number of carbonyl (C=O) groups is 3. The van der Waals surface area contributed by atoms with Crippen LogP contribution in [0.4, 0.5) is 0 Å². The molecule has 9 atom stereocenters. The number of amides is 1. The van der Waals surface area contributed by atoms with Gasteiger partial charge in [-0.15, -0.1) is 0 Å². The number of allylic oxidation sites excluding steroid dienone is 5. The molecular formula is C70H95N5O4. The number of hydrogen-bond acceptors (Lipinski definition) is 6. The van der Waals surface area contributed by atoms with Crippen molar-refractivity contribution in [2.24, 2.45) is 28.6 Å². The molecule has 10 rings (SSSR count). The Balaban J connectivity index is 0.759. The zero-order chi connectivity index (χ0) is 55.6. The van der Waals surface area contributed by atoms with Crippen LogP contribution in [0.15, 0.2) is 48.6 Å². The largest absolute Gasteiger partial charge is 0.462 e. The maximum atomic E-state index is 14.4. The zero-order valence-electron chi connectivity index (χ0n) is 49.7. The number of aromatic amines is 2. The summed E-state index contributed by atoms with van der Waals surface area (Å²) in [5.41, 5.74) is 16.4.